The summed E-state index contributed by atoms with van der Waals surface area (Å²) < 4.78 is 27.3. The number of sulfonamides is 1. The first kappa shape index (κ1) is 30.6. The van der Waals surface area contributed by atoms with Crippen molar-refractivity contribution in [2.75, 3.05) is 17.1 Å². The fraction of sp³-hybridized carbons (Fsp3) is 0.588. The summed E-state index contributed by atoms with van der Waals surface area (Å²) in [5.74, 6) is 1.79. The summed E-state index contributed by atoms with van der Waals surface area (Å²) in [5.41, 5.74) is 3.97. The third-order valence-corrected chi connectivity index (χ3v) is 11.3. The molecule has 0 aliphatic heterocycles. The zero-order valence-corrected chi connectivity index (χ0v) is 26.6. The van der Waals surface area contributed by atoms with E-state index in [9.17, 15) is 18.0 Å². The van der Waals surface area contributed by atoms with Crippen LogP contribution in [0.4, 0.5) is 5.69 Å². The smallest absolute Gasteiger partial charge is 0.244 e. The lowest BCUT2D eigenvalue weighted by molar-refractivity contribution is -0.139. The van der Waals surface area contributed by atoms with Gasteiger partial charge in [-0.25, -0.2) is 8.42 Å². The maximum atomic E-state index is 13.9. The lowest BCUT2D eigenvalue weighted by atomic mass is 9.48. The number of carbonyl (C=O) groups excluding carboxylic acids is 2. The van der Waals surface area contributed by atoms with E-state index >= 15 is 0 Å². The van der Waals surface area contributed by atoms with Crippen molar-refractivity contribution < 1.29 is 18.0 Å². The Morgan fingerprint density at radius 1 is 0.929 bits per heavy atom. The molecule has 2 aromatic carbocycles. The van der Waals surface area contributed by atoms with Gasteiger partial charge in [-0.05, 0) is 112 Å². The number of anilines is 1. The molecular weight excluding hydrogens is 546 g/mol. The Morgan fingerprint density at radius 2 is 1.48 bits per heavy atom. The van der Waals surface area contributed by atoms with Gasteiger partial charge in [0.05, 0.1) is 11.9 Å². The minimum atomic E-state index is -3.77. The molecule has 7 nitrogen and oxygen atoms in total. The van der Waals surface area contributed by atoms with E-state index in [0.29, 0.717) is 5.69 Å². The molecule has 0 spiro atoms. The van der Waals surface area contributed by atoms with Gasteiger partial charge in [0.1, 0.15) is 12.6 Å². The van der Waals surface area contributed by atoms with Crippen molar-refractivity contribution in [3.05, 3.63) is 65.2 Å². The summed E-state index contributed by atoms with van der Waals surface area (Å²) in [6.45, 7) is 7.44. The molecule has 4 bridgehead atoms. The van der Waals surface area contributed by atoms with E-state index in [-0.39, 0.29) is 30.5 Å². The first-order valence-corrected chi connectivity index (χ1v) is 17.5. The standard InChI is InChI=1S/C34H47N3O4S/c1-6-24(3)35-33(39)25(4)36(21-26-9-7-23(2)8-10-26)32(38)22-37(42(5,40)41)31-13-11-30(12-14-31)34-18-27-15-28(19-34)17-29(16-27)20-34/h7-14,24-25,27-29H,6,15-22H2,1-5H3,(H,35,39)/t24-,25-,27?,28?,29?,34?/m0/s1. The summed E-state index contributed by atoms with van der Waals surface area (Å²) in [5, 5.41) is 2.97. The van der Waals surface area contributed by atoms with Gasteiger partial charge in [0.25, 0.3) is 0 Å². The highest BCUT2D eigenvalue weighted by Crippen LogP contribution is 2.60. The lowest BCUT2D eigenvalue weighted by Crippen LogP contribution is -2.52. The maximum Gasteiger partial charge on any atom is 0.244 e. The minimum Gasteiger partial charge on any atom is -0.352 e. The van der Waals surface area contributed by atoms with Crippen LogP contribution in [0.2, 0.25) is 0 Å². The Balaban J connectivity index is 1.38. The monoisotopic (exact) mass is 593 g/mol. The van der Waals surface area contributed by atoms with Crippen LogP contribution in [0.3, 0.4) is 0 Å². The molecular formula is C34H47N3O4S. The fourth-order valence-electron chi connectivity index (χ4n) is 8.00. The average molecular weight is 594 g/mol. The second-order valence-corrected chi connectivity index (χ2v) is 15.4. The molecule has 4 fully saturated rings. The van der Waals surface area contributed by atoms with Crippen molar-refractivity contribution >= 4 is 27.5 Å². The van der Waals surface area contributed by atoms with E-state index in [4.69, 9.17) is 0 Å². The molecule has 6 rings (SSSR count). The number of hydrogen-bond donors (Lipinski definition) is 1. The Kier molecular flexibility index (Phi) is 8.75. The van der Waals surface area contributed by atoms with Crippen molar-refractivity contribution in [3.63, 3.8) is 0 Å². The van der Waals surface area contributed by atoms with Crippen LogP contribution in [0, 0.1) is 24.7 Å². The lowest BCUT2D eigenvalue weighted by Gasteiger charge is -2.57. The van der Waals surface area contributed by atoms with E-state index < -0.39 is 22.0 Å². The van der Waals surface area contributed by atoms with Gasteiger partial charge in [-0.2, -0.15) is 0 Å². The van der Waals surface area contributed by atoms with Crippen LogP contribution in [-0.2, 0) is 31.6 Å². The molecule has 2 atom stereocenters. The zero-order valence-electron chi connectivity index (χ0n) is 25.8. The Bertz CT molecular complexity index is 1350. The molecule has 0 aromatic heterocycles. The summed E-state index contributed by atoms with van der Waals surface area (Å²) in [6.07, 6.45) is 9.71. The Labute approximate surface area is 252 Å². The average Bonchev–Trinajstić information content (AvgIpc) is 2.93. The molecule has 8 heteroatoms. The highest BCUT2D eigenvalue weighted by molar-refractivity contribution is 7.92. The Hall–Kier alpha value is -2.87. The number of nitrogens with one attached hydrogen (secondary N) is 1. The van der Waals surface area contributed by atoms with Crippen molar-refractivity contribution in [2.45, 2.75) is 96.7 Å². The van der Waals surface area contributed by atoms with Crippen molar-refractivity contribution in [2.24, 2.45) is 17.8 Å². The molecule has 42 heavy (non-hydrogen) atoms. The third kappa shape index (κ3) is 6.53. The number of benzene rings is 2. The SMILES string of the molecule is CC[C@H](C)NC(=O)[C@H](C)N(Cc1ccc(C)cc1)C(=O)CN(c1ccc(C23CC4CC(CC(C4)C2)C3)cc1)S(C)(=O)=O. The van der Waals surface area contributed by atoms with E-state index in [1.165, 1.54) is 53.3 Å². The molecule has 0 saturated heterocycles. The van der Waals surface area contributed by atoms with Crippen LogP contribution < -0.4 is 9.62 Å². The van der Waals surface area contributed by atoms with E-state index in [0.717, 1.165) is 41.6 Å². The molecule has 1 N–H and O–H groups in total. The van der Waals surface area contributed by atoms with Crippen LogP contribution in [0.15, 0.2) is 48.5 Å². The van der Waals surface area contributed by atoms with Crippen LogP contribution in [0.25, 0.3) is 0 Å². The summed E-state index contributed by atoms with van der Waals surface area (Å²) in [6, 6.07) is 14.9. The topological polar surface area (TPSA) is 86.8 Å². The van der Waals surface area contributed by atoms with Gasteiger partial charge in [0.15, 0.2) is 0 Å². The first-order chi connectivity index (χ1) is 19.9. The molecule has 2 amide bonds. The number of amides is 2. The van der Waals surface area contributed by atoms with Gasteiger partial charge in [0.2, 0.25) is 21.8 Å². The summed E-state index contributed by atoms with van der Waals surface area (Å²) >= 11 is 0. The van der Waals surface area contributed by atoms with Crippen LogP contribution in [-0.4, -0.2) is 50.0 Å². The second-order valence-electron chi connectivity index (χ2n) is 13.5. The van der Waals surface area contributed by atoms with E-state index in [1.54, 1.807) is 6.92 Å². The number of aryl methyl sites for hydroxylation is 1. The molecule has 0 unspecified atom stereocenters. The summed E-state index contributed by atoms with van der Waals surface area (Å²) in [4.78, 5) is 28.5. The maximum absolute atomic E-state index is 13.9. The first-order valence-electron chi connectivity index (χ1n) is 15.6. The second kappa shape index (κ2) is 12.0. The highest BCUT2D eigenvalue weighted by Gasteiger charge is 2.51. The van der Waals surface area contributed by atoms with Crippen LogP contribution in [0.5, 0.6) is 0 Å². The molecule has 0 radical (unpaired) electrons. The van der Waals surface area contributed by atoms with Crippen molar-refractivity contribution in [1.29, 1.82) is 0 Å². The van der Waals surface area contributed by atoms with Crippen molar-refractivity contribution in [1.82, 2.24) is 10.2 Å². The number of carbonyl (C=O) groups is 2. The molecule has 228 valence electrons. The molecule has 0 heterocycles. The summed E-state index contributed by atoms with van der Waals surface area (Å²) in [7, 11) is -3.77. The minimum absolute atomic E-state index is 0.0312. The van der Waals surface area contributed by atoms with Gasteiger partial charge in [-0.15, -0.1) is 0 Å². The van der Waals surface area contributed by atoms with Gasteiger partial charge < -0.3 is 10.2 Å². The number of rotatable bonds is 11. The molecule has 4 saturated carbocycles. The third-order valence-electron chi connectivity index (χ3n) is 10.1. The molecule has 4 aliphatic carbocycles. The number of nitrogens with zero attached hydrogens (tertiary/aromatic N) is 2. The van der Waals surface area contributed by atoms with Gasteiger partial charge in [-0.3, -0.25) is 13.9 Å². The quantitative estimate of drug-likeness (QED) is 0.370. The van der Waals surface area contributed by atoms with E-state index in [1.807, 2.05) is 57.2 Å². The fourth-order valence-corrected chi connectivity index (χ4v) is 8.85. The predicted octanol–water partition coefficient (Wildman–Crippen LogP) is 5.56. The van der Waals surface area contributed by atoms with E-state index in [2.05, 4.69) is 17.4 Å². The molecule has 4 aliphatic rings. The predicted molar refractivity (Wildman–Crippen MR) is 168 cm³/mol. The van der Waals surface area contributed by atoms with Crippen LogP contribution in [0.1, 0.15) is 82.4 Å². The Morgan fingerprint density at radius 3 is 1.98 bits per heavy atom. The highest BCUT2D eigenvalue weighted by atomic mass is 32.2. The zero-order chi connectivity index (χ0) is 30.2. The largest absolute Gasteiger partial charge is 0.352 e. The number of hydrogen-bond acceptors (Lipinski definition) is 4. The van der Waals surface area contributed by atoms with Gasteiger partial charge >= 0.3 is 0 Å². The normalized spacial score (nSPS) is 26.0. The van der Waals surface area contributed by atoms with Crippen molar-refractivity contribution in [3.8, 4) is 0 Å². The molecule has 2 aromatic rings. The van der Waals surface area contributed by atoms with Gasteiger partial charge in [-0.1, -0.05) is 48.9 Å². The van der Waals surface area contributed by atoms with Gasteiger partial charge in [0, 0.05) is 12.6 Å². The van der Waals surface area contributed by atoms with Crippen LogP contribution >= 0.6 is 0 Å².